The first kappa shape index (κ1) is 21.1. The lowest BCUT2D eigenvalue weighted by molar-refractivity contribution is -0.154. The average molecular weight is 389 g/mol. The highest BCUT2D eigenvalue weighted by Gasteiger charge is 2.28. The van der Waals surface area contributed by atoms with Crippen LogP contribution in [0.3, 0.4) is 0 Å². The molecule has 4 N–H and O–H groups in total. The number of aromatic amines is 1. The van der Waals surface area contributed by atoms with Gasteiger partial charge in [0.25, 0.3) is 0 Å². The van der Waals surface area contributed by atoms with Gasteiger partial charge in [-0.1, -0.05) is 13.0 Å². The topological polar surface area (TPSA) is 81.4 Å². The summed E-state index contributed by atoms with van der Waals surface area (Å²) in [7, 11) is 0. The van der Waals surface area contributed by atoms with Crippen molar-refractivity contribution in [2.24, 2.45) is 0 Å². The van der Waals surface area contributed by atoms with E-state index in [2.05, 4.69) is 32.5 Å². The van der Waals surface area contributed by atoms with Gasteiger partial charge in [-0.2, -0.15) is 13.2 Å². The van der Waals surface area contributed by atoms with Crippen molar-refractivity contribution in [3.63, 3.8) is 0 Å². The second-order valence-corrected chi connectivity index (χ2v) is 6.51. The van der Waals surface area contributed by atoms with Crippen LogP contribution in [-0.2, 0) is 0 Å². The molecule has 27 heavy (non-hydrogen) atoms. The zero-order chi connectivity index (χ0) is 19.9. The first-order valence-electron chi connectivity index (χ1n) is 8.84. The summed E-state index contributed by atoms with van der Waals surface area (Å²) in [4.78, 5) is 15.9. The minimum Gasteiger partial charge on any atom is -0.469 e. The molecule has 1 fully saturated rings. The van der Waals surface area contributed by atoms with E-state index in [0.29, 0.717) is 13.1 Å². The summed E-state index contributed by atoms with van der Waals surface area (Å²) in [6.07, 6.45) is 0.0705. The number of alkyl halides is 3. The van der Waals surface area contributed by atoms with Crippen LogP contribution in [0, 0.1) is 0 Å². The second kappa shape index (κ2) is 9.65. The van der Waals surface area contributed by atoms with Gasteiger partial charge in [0, 0.05) is 37.1 Å². The van der Waals surface area contributed by atoms with E-state index in [9.17, 15) is 18.0 Å². The van der Waals surface area contributed by atoms with E-state index in [1.54, 1.807) is 17.2 Å². The van der Waals surface area contributed by atoms with Gasteiger partial charge in [-0.15, -0.1) is 0 Å². The summed E-state index contributed by atoms with van der Waals surface area (Å²) < 4.78 is 41.1. The molecule has 1 unspecified atom stereocenters. The van der Waals surface area contributed by atoms with E-state index >= 15 is 0 Å². The zero-order valence-corrected chi connectivity index (χ0v) is 15.3. The van der Waals surface area contributed by atoms with Gasteiger partial charge in [0.1, 0.15) is 0 Å². The van der Waals surface area contributed by atoms with Crippen LogP contribution in [0.5, 0.6) is 5.88 Å². The Bertz CT molecular complexity index is 632. The lowest BCUT2D eigenvalue weighted by Gasteiger charge is -2.15. The molecule has 1 saturated heterocycles. The first-order valence-corrected chi connectivity index (χ1v) is 8.84. The van der Waals surface area contributed by atoms with Crippen LogP contribution in [0.1, 0.15) is 37.8 Å². The quantitative estimate of drug-likeness (QED) is 0.347. The predicted octanol–water partition coefficient (Wildman–Crippen LogP) is 2.82. The summed E-state index contributed by atoms with van der Waals surface area (Å²) in [5.74, 6) is 0.0876. The maximum Gasteiger partial charge on any atom is 0.422 e. The third-order valence-electron chi connectivity index (χ3n) is 4.07. The molecule has 1 aromatic rings. The summed E-state index contributed by atoms with van der Waals surface area (Å²) in [5.41, 5.74) is 7.72. The Morgan fingerprint density at radius 2 is 2.15 bits per heavy atom. The molecular formula is C17H26F3N5O2. The number of hydrogen-bond acceptors (Lipinski definition) is 4. The molecule has 2 heterocycles. The molecular weight excluding hydrogens is 363 g/mol. The van der Waals surface area contributed by atoms with Crippen molar-refractivity contribution in [1.29, 1.82) is 0 Å². The van der Waals surface area contributed by atoms with Crippen LogP contribution < -0.4 is 20.9 Å². The molecule has 0 aromatic carbocycles. The van der Waals surface area contributed by atoms with Gasteiger partial charge in [-0.3, -0.25) is 10.9 Å². The molecule has 2 rings (SSSR count). The van der Waals surface area contributed by atoms with Crippen LogP contribution in [0.15, 0.2) is 24.5 Å². The maximum atomic E-state index is 12.1. The van der Waals surface area contributed by atoms with Crippen molar-refractivity contribution in [2.45, 2.75) is 38.4 Å². The number of amides is 2. The average Bonchev–Trinajstić information content (AvgIpc) is 3.18. The number of hydrogen-bond donors (Lipinski definition) is 4. The first-order chi connectivity index (χ1) is 12.7. The zero-order valence-electron chi connectivity index (χ0n) is 15.3. The highest BCUT2D eigenvalue weighted by molar-refractivity contribution is 5.79. The smallest absolute Gasteiger partial charge is 0.422 e. The Morgan fingerprint density at radius 1 is 1.37 bits per heavy atom. The van der Waals surface area contributed by atoms with Gasteiger partial charge >= 0.3 is 12.2 Å². The van der Waals surface area contributed by atoms with Gasteiger partial charge in [-0.05, 0) is 25.3 Å². The van der Waals surface area contributed by atoms with Gasteiger partial charge in [-0.25, -0.2) is 4.79 Å². The van der Waals surface area contributed by atoms with E-state index in [0.717, 1.165) is 37.1 Å². The minimum atomic E-state index is -4.36. The number of carbonyl (C=O) groups is 1. The van der Waals surface area contributed by atoms with Crippen molar-refractivity contribution in [1.82, 2.24) is 26.1 Å². The Morgan fingerprint density at radius 3 is 2.81 bits per heavy atom. The van der Waals surface area contributed by atoms with Crippen molar-refractivity contribution in [3.8, 4) is 5.88 Å². The molecule has 0 radical (unpaired) electrons. The monoisotopic (exact) mass is 389 g/mol. The summed E-state index contributed by atoms with van der Waals surface area (Å²) >= 11 is 0. The number of rotatable bonds is 11. The van der Waals surface area contributed by atoms with E-state index in [1.165, 1.54) is 0 Å². The van der Waals surface area contributed by atoms with Gasteiger partial charge < -0.3 is 19.9 Å². The number of H-pyrrole nitrogens is 1. The number of halogens is 3. The molecule has 7 nitrogen and oxygen atoms in total. The maximum absolute atomic E-state index is 12.1. The van der Waals surface area contributed by atoms with Crippen LogP contribution >= 0.6 is 0 Å². The third-order valence-corrected chi connectivity index (χ3v) is 4.07. The van der Waals surface area contributed by atoms with Crippen LogP contribution in [0.2, 0.25) is 0 Å². The molecule has 1 aromatic heterocycles. The normalized spacial score (nSPS) is 15.9. The highest BCUT2D eigenvalue weighted by atomic mass is 19.4. The van der Waals surface area contributed by atoms with E-state index < -0.39 is 12.8 Å². The molecule has 152 valence electrons. The number of ether oxygens (including phenoxy) is 1. The molecule has 0 spiro atoms. The number of hydrazine groups is 1. The fourth-order valence-corrected chi connectivity index (χ4v) is 2.64. The molecule has 0 saturated carbocycles. The molecule has 1 aliphatic heterocycles. The van der Waals surface area contributed by atoms with Gasteiger partial charge in [0.15, 0.2) is 12.5 Å². The number of nitrogens with zero attached hydrogens (tertiary/aromatic N) is 1. The van der Waals surface area contributed by atoms with Crippen molar-refractivity contribution in [2.75, 3.05) is 26.2 Å². The molecule has 0 aliphatic carbocycles. The molecule has 2 amide bonds. The Hall–Kier alpha value is -2.20. The number of unbranched alkanes of at least 4 members (excludes halogenated alkanes) is 2. The molecule has 1 atom stereocenters. The summed E-state index contributed by atoms with van der Waals surface area (Å²) in [5, 5.41) is 2.68. The number of carbonyl (C=O) groups excluding carboxylic acids is 1. The Kier molecular flexibility index (Phi) is 7.55. The minimum absolute atomic E-state index is 0.0845. The van der Waals surface area contributed by atoms with Crippen molar-refractivity contribution in [3.05, 3.63) is 30.1 Å². The third kappa shape index (κ3) is 7.51. The number of nitrogens with one attached hydrogen (secondary N) is 4. The Balaban J connectivity index is 1.54. The van der Waals surface area contributed by atoms with E-state index in [1.807, 2.05) is 6.92 Å². The second-order valence-electron chi connectivity index (χ2n) is 6.51. The number of aromatic nitrogens is 1. The van der Waals surface area contributed by atoms with Gasteiger partial charge in [0.2, 0.25) is 0 Å². The number of urea groups is 1. The lowest BCUT2D eigenvalue weighted by atomic mass is 10.2. The van der Waals surface area contributed by atoms with E-state index in [4.69, 9.17) is 0 Å². The predicted molar refractivity (Wildman–Crippen MR) is 95.0 cm³/mol. The van der Waals surface area contributed by atoms with Crippen molar-refractivity contribution < 1.29 is 22.7 Å². The largest absolute Gasteiger partial charge is 0.469 e. The Labute approximate surface area is 156 Å². The fraction of sp³-hybridized carbons (Fsp3) is 0.588. The summed E-state index contributed by atoms with van der Waals surface area (Å²) in [6.45, 7) is 6.33. The van der Waals surface area contributed by atoms with E-state index in [-0.39, 0.29) is 18.0 Å². The molecule has 0 bridgehead atoms. The van der Waals surface area contributed by atoms with Crippen molar-refractivity contribution >= 4 is 6.03 Å². The molecule has 10 heteroatoms. The SMILES string of the molecule is C=C1CN(CCCCCNNC(C)c2c[nH]c(OCC(F)(F)F)c2)C(=O)N1. The van der Waals surface area contributed by atoms with Crippen LogP contribution in [-0.4, -0.2) is 48.3 Å². The van der Waals surface area contributed by atoms with Crippen LogP contribution in [0.4, 0.5) is 18.0 Å². The standard InChI is InChI=1S/C17H26F3N5O2/c1-12-10-25(16(26)23-12)7-5-3-4-6-22-24-13(2)14-8-15(21-9-14)27-11-17(18,19)20/h8-9,13,21-22,24H,1,3-7,10-11H2,2H3,(H,23,26). The summed E-state index contributed by atoms with van der Waals surface area (Å²) in [6, 6.07) is 1.36. The van der Waals surface area contributed by atoms with Crippen LogP contribution in [0.25, 0.3) is 0 Å². The van der Waals surface area contributed by atoms with Gasteiger partial charge in [0.05, 0.1) is 6.54 Å². The fourth-order valence-electron chi connectivity index (χ4n) is 2.64. The molecule has 1 aliphatic rings. The highest BCUT2D eigenvalue weighted by Crippen LogP contribution is 2.21. The lowest BCUT2D eigenvalue weighted by Crippen LogP contribution is -2.34.